The van der Waals surface area contributed by atoms with Crippen LogP contribution in [-0.2, 0) is 14.8 Å². The summed E-state index contributed by atoms with van der Waals surface area (Å²) in [7, 11) is -3.37. The maximum atomic E-state index is 11.9. The summed E-state index contributed by atoms with van der Waals surface area (Å²) in [5.41, 5.74) is 0. The van der Waals surface area contributed by atoms with Crippen LogP contribution in [0.15, 0.2) is 0 Å². The van der Waals surface area contributed by atoms with Crippen LogP contribution < -0.4 is 0 Å². The molecule has 1 aliphatic heterocycles. The number of nitrogens with zero attached hydrogens (tertiary/aromatic N) is 1. The van der Waals surface area contributed by atoms with Crippen molar-refractivity contribution in [1.29, 1.82) is 0 Å². The predicted molar refractivity (Wildman–Crippen MR) is 57.1 cm³/mol. The average molecular weight is 237 g/mol. The van der Waals surface area contributed by atoms with Crippen molar-refractivity contribution in [3.63, 3.8) is 0 Å². The van der Waals surface area contributed by atoms with Gasteiger partial charge in [0, 0.05) is 19.7 Å². The molecule has 15 heavy (non-hydrogen) atoms. The Bertz CT molecular complexity index is 290. The molecule has 1 aliphatic rings. The highest BCUT2D eigenvalue weighted by molar-refractivity contribution is 7.89. The van der Waals surface area contributed by atoms with Crippen molar-refractivity contribution in [1.82, 2.24) is 4.31 Å². The lowest BCUT2D eigenvalue weighted by Crippen LogP contribution is -2.42. The summed E-state index contributed by atoms with van der Waals surface area (Å²) >= 11 is 0. The molecule has 0 radical (unpaired) electrons. The molecule has 90 valence electrons. The second-order valence-electron chi connectivity index (χ2n) is 3.93. The Labute approximate surface area is 91.1 Å². The number of aliphatic hydroxyl groups excluding tert-OH is 1. The van der Waals surface area contributed by atoms with E-state index in [0.717, 1.165) is 0 Å². The molecular formula is C9H19NO4S. The number of hydrogen-bond acceptors (Lipinski definition) is 4. The summed E-state index contributed by atoms with van der Waals surface area (Å²) in [4.78, 5) is 0. The van der Waals surface area contributed by atoms with Gasteiger partial charge in [0.25, 0.3) is 0 Å². The van der Waals surface area contributed by atoms with Crippen molar-refractivity contribution in [3.8, 4) is 0 Å². The molecule has 0 amide bonds. The Kier molecular flexibility index (Phi) is 4.51. The van der Waals surface area contributed by atoms with Crippen molar-refractivity contribution in [2.24, 2.45) is 0 Å². The van der Waals surface area contributed by atoms with Gasteiger partial charge in [0.2, 0.25) is 10.0 Å². The van der Waals surface area contributed by atoms with Crippen LogP contribution in [0.5, 0.6) is 0 Å². The second-order valence-corrected chi connectivity index (χ2v) is 6.28. The van der Waals surface area contributed by atoms with Crippen molar-refractivity contribution in [3.05, 3.63) is 0 Å². The normalized spacial score (nSPS) is 27.3. The van der Waals surface area contributed by atoms with Gasteiger partial charge in [0.15, 0.2) is 0 Å². The van der Waals surface area contributed by atoms with Crippen molar-refractivity contribution >= 4 is 10.0 Å². The SMILES string of the molecule is CC1CN(S(=O)(=O)C(C)CO)CCCO1. The zero-order chi connectivity index (χ0) is 11.5. The van der Waals surface area contributed by atoms with E-state index in [9.17, 15) is 8.42 Å². The molecule has 0 aromatic rings. The summed E-state index contributed by atoms with van der Waals surface area (Å²) in [5, 5.41) is 8.17. The van der Waals surface area contributed by atoms with E-state index in [1.807, 2.05) is 6.92 Å². The van der Waals surface area contributed by atoms with Gasteiger partial charge in [-0.2, -0.15) is 4.31 Å². The van der Waals surface area contributed by atoms with Gasteiger partial charge in [-0.15, -0.1) is 0 Å². The van der Waals surface area contributed by atoms with E-state index in [4.69, 9.17) is 9.84 Å². The molecule has 0 spiro atoms. The first-order chi connectivity index (χ1) is 6.98. The van der Waals surface area contributed by atoms with Gasteiger partial charge < -0.3 is 9.84 Å². The van der Waals surface area contributed by atoms with Crippen LogP contribution in [0.4, 0.5) is 0 Å². The zero-order valence-electron chi connectivity index (χ0n) is 9.22. The number of sulfonamides is 1. The van der Waals surface area contributed by atoms with Gasteiger partial charge in [0.1, 0.15) is 0 Å². The highest BCUT2D eigenvalue weighted by Gasteiger charge is 2.30. The van der Waals surface area contributed by atoms with Crippen LogP contribution in [0.1, 0.15) is 20.3 Å². The minimum atomic E-state index is -3.37. The first-order valence-corrected chi connectivity index (χ1v) is 6.70. The highest BCUT2D eigenvalue weighted by Crippen LogP contribution is 2.14. The molecule has 1 fully saturated rings. The fraction of sp³-hybridized carbons (Fsp3) is 1.00. The molecule has 0 bridgehead atoms. The zero-order valence-corrected chi connectivity index (χ0v) is 10.0. The third-order valence-corrected chi connectivity index (χ3v) is 4.76. The Hall–Kier alpha value is -0.170. The summed E-state index contributed by atoms with van der Waals surface area (Å²) in [5.74, 6) is 0. The van der Waals surface area contributed by atoms with Crippen molar-refractivity contribution in [2.45, 2.75) is 31.6 Å². The first-order valence-electron chi connectivity index (χ1n) is 5.20. The van der Waals surface area contributed by atoms with Crippen LogP contribution in [0, 0.1) is 0 Å². The molecule has 1 rings (SSSR count). The van der Waals surface area contributed by atoms with Gasteiger partial charge in [0.05, 0.1) is 18.0 Å². The Morgan fingerprint density at radius 1 is 1.60 bits per heavy atom. The fourth-order valence-electron chi connectivity index (χ4n) is 1.54. The maximum Gasteiger partial charge on any atom is 0.219 e. The van der Waals surface area contributed by atoms with Crippen LogP contribution in [-0.4, -0.2) is 55.5 Å². The molecule has 1 N–H and O–H groups in total. The van der Waals surface area contributed by atoms with E-state index in [-0.39, 0.29) is 12.7 Å². The molecular weight excluding hydrogens is 218 g/mol. The fourth-order valence-corrected chi connectivity index (χ4v) is 3.03. The summed E-state index contributed by atoms with van der Waals surface area (Å²) in [6, 6.07) is 0. The van der Waals surface area contributed by atoms with Crippen LogP contribution in [0.3, 0.4) is 0 Å². The molecule has 2 atom stereocenters. The average Bonchev–Trinajstić information content (AvgIpc) is 2.41. The lowest BCUT2D eigenvalue weighted by Gasteiger charge is -2.24. The lowest BCUT2D eigenvalue weighted by molar-refractivity contribution is 0.0750. The monoisotopic (exact) mass is 237 g/mol. The molecule has 0 aromatic heterocycles. The summed E-state index contributed by atoms with van der Waals surface area (Å²) < 4.78 is 30.6. The Morgan fingerprint density at radius 2 is 2.27 bits per heavy atom. The van der Waals surface area contributed by atoms with E-state index >= 15 is 0 Å². The predicted octanol–water partition coefficient (Wildman–Crippen LogP) is -0.192. The third-order valence-electron chi connectivity index (χ3n) is 2.54. The second kappa shape index (κ2) is 5.25. The third kappa shape index (κ3) is 3.14. The minimum absolute atomic E-state index is 0.0758. The minimum Gasteiger partial charge on any atom is -0.395 e. The highest BCUT2D eigenvalue weighted by atomic mass is 32.2. The molecule has 1 heterocycles. The van der Waals surface area contributed by atoms with Gasteiger partial charge in [-0.05, 0) is 20.3 Å². The molecule has 0 aliphatic carbocycles. The van der Waals surface area contributed by atoms with E-state index in [2.05, 4.69) is 0 Å². The molecule has 0 aromatic carbocycles. The van der Waals surface area contributed by atoms with Crippen LogP contribution >= 0.6 is 0 Å². The van der Waals surface area contributed by atoms with Crippen molar-refractivity contribution < 1.29 is 18.3 Å². The first kappa shape index (κ1) is 12.9. The van der Waals surface area contributed by atoms with Crippen LogP contribution in [0.2, 0.25) is 0 Å². The van der Waals surface area contributed by atoms with Crippen LogP contribution in [0.25, 0.3) is 0 Å². The van der Waals surface area contributed by atoms with Gasteiger partial charge in [-0.3, -0.25) is 0 Å². The molecule has 0 saturated carbocycles. The molecule has 2 unspecified atom stereocenters. The Morgan fingerprint density at radius 3 is 2.87 bits per heavy atom. The molecule has 6 heteroatoms. The largest absolute Gasteiger partial charge is 0.395 e. The number of rotatable bonds is 3. The van der Waals surface area contributed by atoms with E-state index < -0.39 is 15.3 Å². The number of hydrogen-bond donors (Lipinski definition) is 1. The number of ether oxygens (including phenoxy) is 1. The summed E-state index contributed by atoms with van der Waals surface area (Å²) in [6.07, 6.45) is 0.634. The van der Waals surface area contributed by atoms with Gasteiger partial charge >= 0.3 is 0 Å². The van der Waals surface area contributed by atoms with Crippen molar-refractivity contribution in [2.75, 3.05) is 26.3 Å². The molecule has 5 nitrogen and oxygen atoms in total. The topological polar surface area (TPSA) is 66.8 Å². The lowest BCUT2D eigenvalue weighted by atomic mass is 10.4. The quantitative estimate of drug-likeness (QED) is 0.738. The number of aliphatic hydroxyl groups is 1. The Balaban J connectivity index is 2.76. The maximum absolute atomic E-state index is 11.9. The van der Waals surface area contributed by atoms with Gasteiger partial charge in [-0.1, -0.05) is 0 Å². The van der Waals surface area contributed by atoms with Gasteiger partial charge in [-0.25, -0.2) is 8.42 Å². The smallest absolute Gasteiger partial charge is 0.219 e. The molecule has 1 saturated heterocycles. The van der Waals surface area contributed by atoms with E-state index in [1.165, 1.54) is 11.2 Å². The standard InChI is InChI=1S/C9H19NO4S/c1-8-6-10(4-3-5-14-8)15(12,13)9(2)7-11/h8-9,11H,3-7H2,1-2H3. The van der Waals surface area contributed by atoms with E-state index in [0.29, 0.717) is 26.1 Å². The van der Waals surface area contributed by atoms with E-state index in [1.54, 1.807) is 0 Å². The summed E-state index contributed by atoms with van der Waals surface area (Å²) in [6.45, 7) is 4.50.